The van der Waals surface area contributed by atoms with E-state index in [0.717, 1.165) is 0 Å². The zero-order valence-corrected chi connectivity index (χ0v) is 5.64. The maximum atomic E-state index is 10.8. The van der Waals surface area contributed by atoms with Crippen LogP contribution in [0.2, 0.25) is 0 Å². The van der Waals surface area contributed by atoms with Gasteiger partial charge < -0.3 is 9.47 Å². The van der Waals surface area contributed by atoms with Crippen LogP contribution >= 0.6 is 0 Å². The van der Waals surface area contributed by atoms with Crippen molar-refractivity contribution in [3.63, 3.8) is 0 Å². The molecule has 0 saturated carbocycles. The van der Waals surface area contributed by atoms with Crippen molar-refractivity contribution >= 4 is 5.97 Å². The summed E-state index contributed by atoms with van der Waals surface area (Å²) in [6.45, 7) is 4.31. The maximum absolute atomic E-state index is 10.8. The van der Waals surface area contributed by atoms with E-state index in [1.165, 1.54) is 0 Å². The second-order valence-corrected chi connectivity index (χ2v) is 2.49. The third kappa shape index (κ3) is 1.21. The number of carbonyl (C=O) groups is 1. The van der Waals surface area contributed by atoms with Gasteiger partial charge in [-0.1, -0.05) is 0 Å². The summed E-state index contributed by atoms with van der Waals surface area (Å²) in [4.78, 5) is 10.8. The first kappa shape index (κ1) is 6.55. The van der Waals surface area contributed by atoms with Crippen molar-refractivity contribution in [3.05, 3.63) is 0 Å². The van der Waals surface area contributed by atoms with Gasteiger partial charge in [-0.25, -0.2) is 4.79 Å². The highest BCUT2D eigenvalue weighted by Crippen LogP contribution is 2.14. The van der Waals surface area contributed by atoms with Crippen LogP contribution in [0.15, 0.2) is 0 Å². The fraction of sp³-hybridized carbons (Fsp3) is 0.833. The van der Waals surface area contributed by atoms with Gasteiger partial charge in [0, 0.05) is 0 Å². The summed E-state index contributed by atoms with van der Waals surface area (Å²) in [6, 6.07) is 0. The Bertz CT molecular complexity index is 128. The summed E-state index contributed by atoms with van der Waals surface area (Å²) in [7, 11) is 0. The normalized spacial score (nSPS) is 25.3. The predicted molar refractivity (Wildman–Crippen MR) is 31.0 cm³/mol. The summed E-state index contributed by atoms with van der Waals surface area (Å²) in [5.74, 6) is -0.270. The Kier molecular flexibility index (Phi) is 1.45. The molecule has 52 valence electrons. The Balaban J connectivity index is 2.60. The number of cyclic esters (lactones) is 1. The van der Waals surface area contributed by atoms with Crippen LogP contribution in [0.3, 0.4) is 0 Å². The Morgan fingerprint density at radius 2 is 2.11 bits per heavy atom. The van der Waals surface area contributed by atoms with E-state index in [4.69, 9.17) is 9.47 Å². The van der Waals surface area contributed by atoms with Gasteiger partial charge in [-0.2, -0.15) is 0 Å². The minimum Gasteiger partial charge on any atom is -0.461 e. The molecule has 0 N–H and O–H groups in total. The molecule has 1 rings (SSSR count). The SMILES string of the molecule is CC1(C)OCCOC1=O. The van der Waals surface area contributed by atoms with Gasteiger partial charge in [0.05, 0.1) is 6.61 Å². The maximum Gasteiger partial charge on any atom is 0.337 e. The second kappa shape index (κ2) is 1.99. The van der Waals surface area contributed by atoms with Crippen molar-refractivity contribution in [2.75, 3.05) is 13.2 Å². The average molecular weight is 130 g/mol. The van der Waals surface area contributed by atoms with E-state index in [1.807, 2.05) is 0 Å². The molecule has 0 aromatic heterocycles. The molecule has 1 fully saturated rings. The molecule has 0 amide bonds. The summed E-state index contributed by atoms with van der Waals surface area (Å²) in [6.07, 6.45) is 0. The first-order valence-electron chi connectivity index (χ1n) is 2.94. The molecule has 1 aliphatic rings. The standard InChI is InChI=1S/C6H10O3/c1-6(2)5(7)8-3-4-9-6/h3-4H2,1-2H3. The Morgan fingerprint density at radius 3 is 2.44 bits per heavy atom. The molecule has 0 atom stereocenters. The molecule has 9 heavy (non-hydrogen) atoms. The molecule has 0 aromatic rings. The highest BCUT2D eigenvalue weighted by molar-refractivity contribution is 5.78. The van der Waals surface area contributed by atoms with Crippen LogP contribution < -0.4 is 0 Å². The lowest BCUT2D eigenvalue weighted by Gasteiger charge is -2.27. The molecule has 0 radical (unpaired) electrons. The lowest BCUT2D eigenvalue weighted by atomic mass is 10.1. The van der Waals surface area contributed by atoms with E-state index in [1.54, 1.807) is 13.8 Å². The number of hydrogen-bond acceptors (Lipinski definition) is 3. The van der Waals surface area contributed by atoms with Crippen molar-refractivity contribution in [3.8, 4) is 0 Å². The van der Waals surface area contributed by atoms with Crippen molar-refractivity contribution in [1.29, 1.82) is 0 Å². The topological polar surface area (TPSA) is 35.5 Å². The molecule has 0 aromatic carbocycles. The van der Waals surface area contributed by atoms with E-state index in [-0.39, 0.29) is 5.97 Å². The fourth-order valence-corrected chi connectivity index (χ4v) is 0.664. The molecular formula is C6H10O3. The minimum atomic E-state index is -0.724. The van der Waals surface area contributed by atoms with Crippen molar-refractivity contribution < 1.29 is 14.3 Å². The Hall–Kier alpha value is -0.570. The molecule has 1 aliphatic heterocycles. The zero-order chi connectivity index (χ0) is 6.91. The first-order valence-corrected chi connectivity index (χ1v) is 2.94. The van der Waals surface area contributed by atoms with Gasteiger partial charge in [0.25, 0.3) is 0 Å². The van der Waals surface area contributed by atoms with Gasteiger partial charge in [-0.05, 0) is 13.8 Å². The van der Waals surface area contributed by atoms with E-state index in [2.05, 4.69) is 0 Å². The molecule has 0 aliphatic carbocycles. The summed E-state index contributed by atoms with van der Waals surface area (Å²) >= 11 is 0. The van der Waals surface area contributed by atoms with Crippen molar-refractivity contribution in [2.45, 2.75) is 19.4 Å². The third-order valence-electron chi connectivity index (χ3n) is 1.27. The summed E-state index contributed by atoms with van der Waals surface area (Å²) in [5, 5.41) is 0. The fourth-order valence-electron chi connectivity index (χ4n) is 0.664. The van der Waals surface area contributed by atoms with Crippen molar-refractivity contribution in [1.82, 2.24) is 0 Å². The monoisotopic (exact) mass is 130 g/mol. The highest BCUT2D eigenvalue weighted by atomic mass is 16.6. The lowest BCUT2D eigenvalue weighted by Crippen LogP contribution is -2.42. The number of carbonyl (C=O) groups excluding carboxylic acids is 1. The molecular weight excluding hydrogens is 120 g/mol. The van der Waals surface area contributed by atoms with Gasteiger partial charge in [0.15, 0.2) is 5.60 Å². The molecule has 3 nitrogen and oxygen atoms in total. The largest absolute Gasteiger partial charge is 0.461 e. The van der Waals surface area contributed by atoms with Crippen LogP contribution in [-0.4, -0.2) is 24.8 Å². The number of hydrogen-bond donors (Lipinski definition) is 0. The van der Waals surface area contributed by atoms with Crippen LogP contribution in [0.4, 0.5) is 0 Å². The molecule has 0 bridgehead atoms. The Morgan fingerprint density at radius 1 is 1.44 bits per heavy atom. The van der Waals surface area contributed by atoms with Gasteiger partial charge in [-0.3, -0.25) is 0 Å². The highest BCUT2D eigenvalue weighted by Gasteiger charge is 2.33. The average Bonchev–Trinajstić information content (AvgIpc) is 1.77. The molecule has 1 saturated heterocycles. The van der Waals surface area contributed by atoms with Gasteiger partial charge in [0.2, 0.25) is 0 Å². The second-order valence-electron chi connectivity index (χ2n) is 2.49. The van der Waals surface area contributed by atoms with E-state index in [9.17, 15) is 4.79 Å². The van der Waals surface area contributed by atoms with E-state index < -0.39 is 5.60 Å². The van der Waals surface area contributed by atoms with Gasteiger partial charge in [0.1, 0.15) is 6.61 Å². The van der Waals surface area contributed by atoms with Crippen LogP contribution in [0.1, 0.15) is 13.8 Å². The number of rotatable bonds is 0. The molecule has 3 heteroatoms. The predicted octanol–water partition coefficient (Wildman–Crippen LogP) is 0.338. The summed E-state index contributed by atoms with van der Waals surface area (Å²) in [5.41, 5.74) is -0.724. The van der Waals surface area contributed by atoms with E-state index in [0.29, 0.717) is 13.2 Å². The quantitative estimate of drug-likeness (QED) is 0.443. The van der Waals surface area contributed by atoms with Crippen LogP contribution in [0.5, 0.6) is 0 Å². The zero-order valence-electron chi connectivity index (χ0n) is 5.64. The van der Waals surface area contributed by atoms with Crippen molar-refractivity contribution in [2.24, 2.45) is 0 Å². The van der Waals surface area contributed by atoms with Crippen LogP contribution in [0, 0.1) is 0 Å². The van der Waals surface area contributed by atoms with E-state index >= 15 is 0 Å². The molecule has 1 heterocycles. The molecule has 0 spiro atoms. The number of esters is 1. The minimum absolute atomic E-state index is 0.270. The first-order chi connectivity index (χ1) is 4.13. The number of ether oxygens (including phenoxy) is 2. The van der Waals surface area contributed by atoms with Gasteiger partial charge in [-0.15, -0.1) is 0 Å². The van der Waals surface area contributed by atoms with Gasteiger partial charge >= 0.3 is 5.97 Å². The third-order valence-corrected chi connectivity index (χ3v) is 1.27. The molecule has 0 unspecified atom stereocenters. The Labute approximate surface area is 53.9 Å². The smallest absolute Gasteiger partial charge is 0.337 e. The van der Waals surface area contributed by atoms with Crippen LogP contribution in [-0.2, 0) is 14.3 Å². The van der Waals surface area contributed by atoms with Crippen LogP contribution in [0.25, 0.3) is 0 Å². The summed E-state index contributed by atoms with van der Waals surface area (Å²) < 4.78 is 9.83. The lowest BCUT2D eigenvalue weighted by molar-refractivity contribution is -0.185.